The van der Waals surface area contributed by atoms with Crippen LogP contribution >= 0.6 is 34.8 Å². The molecule has 0 bridgehead atoms. The van der Waals surface area contributed by atoms with E-state index in [1.807, 2.05) is 0 Å². The lowest BCUT2D eigenvalue weighted by molar-refractivity contribution is -0.392. The van der Waals surface area contributed by atoms with Crippen LogP contribution < -0.4 is 0 Å². The van der Waals surface area contributed by atoms with Crippen molar-refractivity contribution in [3.05, 3.63) is 66.4 Å². The molecule has 21 heteroatoms. The number of aliphatic hydroxyl groups excluding tert-OH is 3. The fourth-order valence-electron chi connectivity index (χ4n) is 3.26. The lowest BCUT2D eigenvalue weighted by Crippen LogP contribution is -2.19. The first-order valence-corrected chi connectivity index (χ1v) is 13.5. The van der Waals surface area contributed by atoms with Gasteiger partial charge in [0.1, 0.15) is 56.5 Å². The SMILES string of the molecule is Cc1ncc([N+](=O)[O-])n1CC(O)CCl.Cc1ncc([N+](=O)[O-])n1C[C@@H](O)CCl.Cc1ncc([N+](=O)[O-])n1C[C@H](O)CCl. The second kappa shape index (κ2) is 17.5. The molecule has 0 radical (unpaired) electrons. The van der Waals surface area contributed by atoms with Crippen molar-refractivity contribution in [3.8, 4) is 0 Å². The molecule has 3 heterocycles. The van der Waals surface area contributed by atoms with E-state index < -0.39 is 33.1 Å². The van der Waals surface area contributed by atoms with Gasteiger partial charge in [-0.15, -0.1) is 34.8 Å². The summed E-state index contributed by atoms with van der Waals surface area (Å²) in [6.45, 7) is 5.17. The fraction of sp³-hybridized carbons (Fsp3) is 0.571. The van der Waals surface area contributed by atoms with Gasteiger partial charge in [0, 0.05) is 20.8 Å². The number of nitrogens with zero attached hydrogens (tertiary/aromatic N) is 9. The average Bonchev–Trinajstić information content (AvgIpc) is 3.61. The van der Waals surface area contributed by atoms with Gasteiger partial charge in [0.2, 0.25) is 0 Å². The van der Waals surface area contributed by atoms with Crippen LogP contribution in [0.25, 0.3) is 0 Å². The largest absolute Gasteiger partial charge is 0.388 e. The minimum atomic E-state index is -0.803. The summed E-state index contributed by atoms with van der Waals surface area (Å²) >= 11 is 16.2. The van der Waals surface area contributed by atoms with Crippen molar-refractivity contribution >= 4 is 52.3 Å². The lowest BCUT2D eigenvalue weighted by Gasteiger charge is -2.06. The highest BCUT2D eigenvalue weighted by molar-refractivity contribution is 6.18. The number of hydrogen-bond donors (Lipinski definition) is 3. The number of alkyl halides is 3. The second-order valence-electron chi connectivity index (χ2n) is 8.52. The van der Waals surface area contributed by atoms with Crippen molar-refractivity contribution in [1.29, 1.82) is 0 Å². The summed E-state index contributed by atoms with van der Waals surface area (Å²) in [6.07, 6.45) is 1.08. The molecule has 0 amide bonds. The first-order valence-electron chi connectivity index (χ1n) is 11.9. The second-order valence-corrected chi connectivity index (χ2v) is 9.44. The molecule has 3 N–H and O–H groups in total. The molecular weight excluding hydrogens is 629 g/mol. The van der Waals surface area contributed by atoms with E-state index in [0.29, 0.717) is 17.5 Å². The summed E-state index contributed by atoms with van der Waals surface area (Å²) in [4.78, 5) is 41.4. The molecule has 234 valence electrons. The van der Waals surface area contributed by atoms with E-state index in [1.165, 1.54) is 13.7 Å². The molecule has 3 rings (SSSR count). The number of aryl methyl sites for hydroxylation is 3. The van der Waals surface area contributed by atoms with Gasteiger partial charge < -0.3 is 45.7 Å². The molecule has 0 saturated heterocycles. The highest BCUT2D eigenvalue weighted by Gasteiger charge is 2.21. The van der Waals surface area contributed by atoms with Gasteiger partial charge in [-0.25, -0.2) is 28.7 Å². The molecule has 3 aromatic rings. The Hall–Kier alpha value is -3.42. The molecule has 0 fully saturated rings. The summed E-state index contributed by atoms with van der Waals surface area (Å²) in [7, 11) is 0. The Balaban J connectivity index is 0.000000315. The first-order chi connectivity index (χ1) is 19.7. The highest BCUT2D eigenvalue weighted by atomic mass is 35.5. The van der Waals surface area contributed by atoms with Crippen LogP contribution in [-0.4, -0.2) is 94.7 Å². The summed E-state index contributed by atoms with van der Waals surface area (Å²) in [5, 5.41) is 59.4. The predicted octanol–water partition coefficient (Wildman–Crippen LogP) is 2.10. The fourth-order valence-corrected chi connectivity index (χ4v) is 3.55. The smallest absolute Gasteiger partial charge is 0.342 e. The number of nitro groups is 3. The Labute approximate surface area is 253 Å². The van der Waals surface area contributed by atoms with Gasteiger partial charge in [-0.05, 0) is 14.8 Å². The highest BCUT2D eigenvalue weighted by Crippen LogP contribution is 2.16. The number of imidazole rings is 3. The predicted molar refractivity (Wildman–Crippen MR) is 151 cm³/mol. The maximum atomic E-state index is 10.5. The van der Waals surface area contributed by atoms with Crippen LogP contribution in [0.5, 0.6) is 0 Å². The van der Waals surface area contributed by atoms with E-state index in [2.05, 4.69) is 15.0 Å². The number of aliphatic hydroxyl groups is 3. The van der Waals surface area contributed by atoms with Gasteiger partial charge in [0.05, 0.1) is 17.6 Å². The first kappa shape index (κ1) is 36.6. The third kappa shape index (κ3) is 10.8. The van der Waals surface area contributed by atoms with Crippen molar-refractivity contribution in [3.63, 3.8) is 0 Å². The Morgan fingerprint density at radius 3 is 1.00 bits per heavy atom. The van der Waals surface area contributed by atoms with Crippen LogP contribution in [0, 0.1) is 51.1 Å². The minimum Gasteiger partial charge on any atom is -0.388 e. The maximum absolute atomic E-state index is 10.5. The van der Waals surface area contributed by atoms with Crippen LogP contribution in [0.1, 0.15) is 17.5 Å². The lowest BCUT2D eigenvalue weighted by atomic mass is 10.4. The van der Waals surface area contributed by atoms with Gasteiger partial charge in [-0.3, -0.25) is 0 Å². The summed E-state index contributed by atoms with van der Waals surface area (Å²) in [5.74, 6) is 1.17. The van der Waals surface area contributed by atoms with Crippen LogP contribution in [-0.2, 0) is 19.6 Å². The van der Waals surface area contributed by atoms with Crippen LogP contribution in [0.3, 0.4) is 0 Å². The van der Waals surface area contributed by atoms with Gasteiger partial charge in [0.25, 0.3) is 0 Å². The van der Waals surface area contributed by atoms with Crippen molar-refractivity contribution < 1.29 is 30.1 Å². The van der Waals surface area contributed by atoms with Gasteiger partial charge in [-0.1, -0.05) is 0 Å². The van der Waals surface area contributed by atoms with Crippen LogP contribution in [0.4, 0.5) is 17.5 Å². The Kier molecular flexibility index (Phi) is 15.3. The summed E-state index contributed by atoms with van der Waals surface area (Å²) in [6, 6.07) is 0. The van der Waals surface area contributed by atoms with E-state index in [1.54, 1.807) is 20.8 Å². The van der Waals surface area contributed by atoms with Crippen molar-refractivity contribution in [2.75, 3.05) is 17.6 Å². The molecule has 42 heavy (non-hydrogen) atoms. The number of rotatable bonds is 12. The number of aromatic nitrogens is 6. The Bertz CT molecular complexity index is 1170. The standard InChI is InChI=1S/3C7H10ClN3O3/c3*1-5-9-3-7(11(13)14)10(5)4-6(12)2-8/h3*3,6,12H,2,4H2,1H3/t2*6-;/m10./s1. The Morgan fingerprint density at radius 1 is 0.619 bits per heavy atom. The minimum absolute atomic E-state index is 0.0365. The monoisotopic (exact) mass is 657 g/mol. The zero-order valence-corrected chi connectivity index (χ0v) is 24.9. The van der Waals surface area contributed by atoms with Gasteiger partial charge >= 0.3 is 17.5 Å². The summed E-state index contributed by atoms with van der Waals surface area (Å²) < 4.78 is 3.98. The number of hydrogen-bond acceptors (Lipinski definition) is 12. The topological polar surface area (TPSA) is 244 Å². The molecule has 0 aliphatic rings. The molecule has 0 spiro atoms. The molecule has 0 saturated carbocycles. The zero-order chi connectivity index (χ0) is 32.1. The maximum Gasteiger partial charge on any atom is 0.342 e. The van der Waals surface area contributed by atoms with Gasteiger partial charge in [-0.2, -0.15) is 0 Å². The van der Waals surface area contributed by atoms with Crippen molar-refractivity contribution in [1.82, 2.24) is 28.7 Å². The molecule has 0 aromatic carbocycles. The third-order valence-electron chi connectivity index (χ3n) is 5.38. The Morgan fingerprint density at radius 2 is 0.833 bits per heavy atom. The molecular formula is C21H30Cl3N9O9. The van der Waals surface area contributed by atoms with E-state index >= 15 is 0 Å². The number of halogens is 3. The van der Waals surface area contributed by atoms with Crippen LogP contribution in [0.15, 0.2) is 18.6 Å². The quantitative estimate of drug-likeness (QED) is 0.144. The summed E-state index contributed by atoms with van der Waals surface area (Å²) in [5.41, 5.74) is 0. The van der Waals surface area contributed by atoms with Crippen molar-refractivity contribution in [2.24, 2.45) is 0 Å². The molecule has 3 aromatic heterocycles. The molecule has 18 nitrogen and oxygen atoms in total. The van der Waals surface area contributed by atoms with Gasteiger partial charge in [0.15, 0.2) is 17.5 Å². The van der Waals surface area contributed by atoms with E-state index in [4.69, 9.17) is 34.8 Å². The molecule has 3 atom stereocenters. The normalized spacial score (nSPS) is 12.8. The van der Waals surface area contributed by atoms with E-state index in [-0.39, 0.29) is 54.7 Å². The molecule has 1 unspecified atom stereocenters. The molecule has 0 aliphatic carbocycles. The molecule has 0 aliphatic heterocycles. The van der Waals surface area contributed by atoms with E-state index in [9.17, 15) is 45.7 Å². The van der Waals surface area contributed by atoms with Crippen molar-refractivity contribution in [2.45, 2.75) is 58.7 Å². The average molecular weight is 659 g/mol. The third-order valence-corrected chi connectivity index (χ3v) is 6.45. The zero-order valence-electron chi connectivity index (χ0n) is 22.7. The van der Waals surface area contributed by atoms with E-state index in [0.717, 1.165) is 18.6 Å². The van der Waals surface area contributed by atoms with Crippen LogP contribution in [0.2, 0.25) is 0 Å².